The molecule has 0 aromatic heterocycles. The zero-order valence-corrected chi connectivity index (χ0v) is 9.34. The highest BCUT2D eigenvalue weighted by Gasteiger charge is 2.11. The maximum Gasteiger partial charge on any atom is 0.168 e. The van der Waals surface area contributed by atoms with Gasteiger partial charge in [0.2, 0.25) is 0 Å². The van der Waals surface area contributed by atoms with Crippen molar-refractivity contribution in [2.45, 2.75) is 6.61 Å². The fourth-order valence-electron chi connectivity index (χ4n) is 1.49. The predicted molar refractivity (Wildman–Crippen MR) is 64.3 cm³/mol. The van der Waals surface area contributed by atoms with E-state index in [1.807, 2.05) is 6.07 Å². The standard InChI is InChI=1S/C13H10FNO3/c14-11-7-12(15-17)9(8-16)6-13(11)18-10-4-2-1-3-5-10/h1-7,16H,8H2. The molecule has 0 aliphatic heterocycles. The van der Waals surface area contributed by atoms with Crippen LogP contribution in [-0.2, 0) is 6.61 Å². The Morgan fingerprint density at radius 2 is 1.94 bits per heavy atom. The van der Waals surface area contributed by atoms with Crippen LogP contribution in [0.2, 0.25) is 0 Å². The first kappa shape index (κ1) is 12.2. The van der Waals surface area contributed by atoms with Crippen molar-refractivity contribution in [3.05, 3.63) is 58.8 Å². The molecule has 0 atom stereocenters. The second-order valence-corrected chi connectivity index (χ2v) is 3.58. The lowest BCUT2D eigenvalue weighted by molar-refractivity contribution is 0.281. The summed E-state index contributed by atoms with van der Waals surface area (Å²) in [6, 6.07) is 10.9. The largest absolute Gasteiger partial charge is 0.454 e. The van der Waals surface area contributed by atoms with Crippen molar-refractivity contribution in [2.24, 2.45) is 5.18 Å². The van der Waals surface area contributed by atoms with Gasteiger partial charge in [-0.2, -0.15) is 0 Å². The molecular formula is C13H10FNO3. The van der Waals surface area contributed by atoms with Crippen LogP contribution in [0.3, 0.4) is 0 Å². The van der Waals surface area contributed by atoms with Crippen molar-refractivity contribution in [3.8, 4) is 11.5 Å². The molecular weight excluding hydrogens is 237 g/mol. The van der Waals surface area contributed by atoms with E-state index in [0.29, 0.717) is 5.75 Å². The number of aliphatic hydroxyl groups is 1. The van der Waals surface area contributed by atoms with E-state index in [0.717, 1.165) is 6.07 Å². The fraction of sp³-hybridized carbons (Fsp3) is 0.0769. The molecule has 2 aromatic rings. The van der Waals surface area contributed by atoms with Gasteiger partial charge in [-0.3, -0.25) is 0 Å². The summed E-state index contributed by atoms with van der Waals surface area (Å²) >= 11 is 0. The lowest BCUT2D eigenvalue weighted by atomic mass is 10.1. The first-order valence-corrected chi connectivity index (χ1v) is 5.24. The number of ether oxygens (including phenoxy) is 1. The molecule has 2 aromatic carbocycles. The van der Waals surface area contributed by atoms with Gasteiger partial charge in [0, 0.05) is 11.6 Å². The monoisotopic (exact) mass is 247 g/mol. The maximum atomic E-state index is 13.6. The lowest BCUT2D eigenvalue weighted by Gasteiger charge is -2.09. The van der Waals surface area contributed by atoms with Gasteiger partial charge < -0.3 is 9.84 Å². The van der Waals surface area contributed by atoms with Crippen molar-refractivity contribution in [2.75, 3.05) is 0 Å². The fourth-order valence-corrected chi connectivity index (χ4v) is 1.49. The molecule has 18 heavy (non-hydrogen) atoms. The molecule has 2 rings (SSSR count). The van der Waals surface area contributed by atoms with Crippen LogP contribution in [0.5, 0.6) is 11.5 Å². The molecule has 1 N–H and O–H groups in total. The number of rotatable bonds is 4. The zero-order valence-electron chi connectivity index (χ0n) is 9.34. The molecule has 0 heterocycles. The Hall–Kier alpha value is -2.27. The minimum Gasteiger partial charge on any atom is -0.454 e. The van der Waals surface area contributed by atoms with Gasteiger partial charge in [-0.15, -0.1) is 4.91 Å². The molecule has 4 nitrogen and oxygen atoms in total. The summed E-state index contributed by atoms with van der Waals surface area (Å²) in [5.41, 5.74) is 0.0905. The third kappa shape index (κ3) is 2.52. The summed E-state index contributed by atoms with van der Waals surface area (Å²) in [5, 5.41) is 11.7. The topological polar surface area (TPSA) is 58.9 Å². The van der Waals surface area contributed by atoms with Crippen molar-refractivity contribution in [3.63, 3.8) is 0 Å². The molecule has 0 amide bonds. The number of halogens is 1. The van der Waals surface area contributed by atoms with E-state index in [4.69, 9.17) is 9.84 Å². The first-order valence-electron chi connectivity index (χ1n) is 5.24. The summed E-state index contributed by atoms with van der Waals surface area (Å²) in [7, 11) is 0. The number of nitrogens with zero attached hydrogens (tertiary/aromatic N) is 1. The number of para-hydroxylation sites is 1. The van der Waals surface area contributed by atoms with Gasteiger partial charge in [-0.05, 0) is 23.4 Å². The van der Waals surface area contributed by atoms with Crippen LogP contribution in [0.15, 0.2) is 47.6 Å². The molecule has 0 saturated heterocycles. The van der Waals surface area contributed by atoms with Crippen LogP contribution < -0.4 is 4.74 Å². The van der Waals surface area contributed by atoms with Crippen LogP contribution in [0.4, 0.5) is 10.1 Å². The average molecular weight is 247 g/mol. The Morgan fingerprint density at radius 1 is 1.22 bits per heavy atom. The van der Waals surface area contributed by atoms with E-state index < -0.39 is 12.4 Å². The van der Waals surface area contributed by atoms with Crippen molar-refractivity contribution >= 4 is 5.69 Å². The van der Waals surface area contributed by atoms with Crippen LogP contribution in [-0.4, -0.2) is 5.11 Å². The van der Waals surface area contributed by atoms with Gasteiger partial charge in [-0.25, -0.2) is 4.39 Å². The van der Waals surface area contributed by atoms with Gasteiger partial charge in [0.05, 0.1) is 6.61 Å². The van der Waals surface area contributed by atoms with E-state index in [1.165, 1.54) is 6.07 Å². The summed E-state index contributed by atoms with van der Waals surface area (Å²) in [5.74, 6) is -0.296. The number of aliphatic hydroxyl groups excluding tert-OH is 1. The summed E-state index contributed by atoms with van der Waals surface area (Å²) < 4.78 is 19.0. The molecule has 0 unspecified atom stereocenters. The van der Waals surface area contributed by atoms with E-state index in [1.54, 1.807) is 24.3 Å². The lowest BCUT2D eigenvalue weighted by Crippen LogP contribution is -1.92. The first-order chi connectivity index (χ1) is 8.74. The predicted octanol–water partition coefficient (Wildman–Crippen LogP) is 3.51. The van der Waals surface area contributed by atoms with Gasteiger partial charge in [0.15, 0.2) is 11.6 Å². The van der Waals surface area contributed by atoms with Gasteiger partial charge in [0.1, 0.15) is 11.4 Å². The van der Waals surface area contributed by atoms with Gasteiger partial charge >= 0.3 is 0 Å². The number of hydrogen-bond acceptors (Lipinski definition) is 4. The minimum absolute atomic E-state index is 0.0577. The maximum absolute atomic E-state index is 13.6. The second-order valence-electron chi connectivity index (χ2n) is 3.58. The summed E-state index contributed by atoms with van der Waals surface area (Å²) in [6.45, 7) is -0.410. The Morgan fingerprint density at radius 3 is 2.56 bits per heavy atom. The van der Waals surface area contributed by atoms with Gasteiger partial charge in [0.25, 0.3) is 0 Å². The van der Waals surface area contributed by atoms with Crippen molar-refractivity contribution in [1.82, 2.24) is 0 Å². The molecule has 0 aliphatic carbocycles. The number of hydrogen-bond donors (Lipinski definition) is 1. The highest BCUT2D eigenvalue weighted by atomic mass is 19.1. The Labute approximate surface area is 103 Å². The SMILES string of the molecule is O=Nc1cc(F)c(Oc2ccccc2)cc1CO. The molecule has 0 fully saturated rings. The third-order valence-corrected chi connectivity index (χ3v) is 2.37. The molecule has 0 radical (unpaired) electrons. The molecule has 92 valence electrons. The minimum atomic E-state index is -0.703. The van der Waals surface area contributed by atoms with E-state index in [2.05, 4.69) is 5.18 Å². The Bertz CT molecular complexity index is 558. The number of benzene rings is 2. The molecule has 0 spiro atoms. The van der Waals surface area contributed by atoms with E-state index in [9.17, 15) is 9.30 Å². The van der Waals surface area contributed by atoms with Crippen LogP contribution in [0, 0.1) is 10.7 Å². The van der Waals surface area contributed by atoms with E-state index >= 15 is 0 Å². The Kier molecular flexibility index (Phi) is 3.64. The molecule has 0 saturated carbocycles. The average Bonchev–Trinajstić information content (AvgIpc) is 2.41. The van der Waals surface area contributed by atoms with Crippen molar-refractivity contribution < 1.29 is 14.2 Å². The van der Waals surface area contributed by atoms with Crippen LogP contribution in [0.25, 0.3) is 0 Å². The Balaban J connectivity index is 2.36. The third-order valence-electron chi connectivity index (χ3n) is 2.37. The summed E-state index contributed by atoms with van der Waals surface area (Å²) in [4.78, 5) is 10.4. The van der Waals surface area contributed by atoms with E-state index in [-0.39, 0.29) is 17.0 Å². The highest BCUT2D eigenvalue weighted by Crippen LogP contribution is 2.31. The van der Waals surface area contributed by atoms with Crippen LogP contribution in [0.1, 0.15) is 5.56 Å². The number of nitroso groups, excluding NO2 is 1. The molecule has 0 aliphatic rings. The summed E-state index contributed by atoms with van der Waals surface area (Å²) in [6.07, 6.45) is 0. The van der Waals surface area contributed by atoms with Crippen molar-refractivity contribution in [1.29, 1.82) is 0 Å². The normalized spacial score (nSPS) is 10.1. The molecule has 0 bridgehead atoms. The highest BCUT2D eigenvalue weighted by molar-refractivity contribution is 5.51. The zero-order chi connectivity index (χ0) is 13.0. The molecule has 5 heteroatoms. The second kappa shape index (κ2) is 5.37. The van der Waals surface area contributed by atoms with Gasteiger partial charge in [-0.1, -0.05) is 18.2 Å². The smallest absolute Gasteiger partial charge is 0.168 e. The van der Waals surface area contributed by atoms with Crippen LogP contribution >= 0.6 is 0 Å². The quantitative estimate of drug-likeness (QED) is 0.841.